The molecule has 1 heterocycles. The number of para-hydroxylation sites is 1. The van der Waals surface area contributed by atoms with Crippen molar-refractivity contribution in [1.82, 2.24) is 15.5 Å². The summed E-state index contributed by atoms with van der Waals surface area (Å²) >= 11 is 0. The Hall–Kier alpha value is -1.59. The highest BCUT2D eigenvalue weighted by Crippen LogP contribution is 2.10. The van der Waals surface area contributed by atoms with Crippen LogP contribution in [0.2, 0.25) is 0 Å². The van der Waals surface area contributed by atoms with Crippen LogP contribution in [0.25, 0.3) is 0 Å². The van der Waals surface area contributed by atoms with Crippen molar-refractivity contribution in [3.8, 4) is 0 Å². The first-order valence-electron chi connectivity index (χ1n) is 10.7. The number of amides is 1. The summed E-state index contributed by atoms with van der Waals surface area (Å²) in [6.45, 7) is 4.75. The van der Waals surface area contributed by atoms with Crippen molar-refractivity contribution in [3.05, 3.63) is 30.3 Å². The summed E-state index contributed by atoms with van der Waals surface area (Å²) in [5, 5.41) is 6.64. The lowest BCUT2D eigenvalue weighted by Crippen LogP contribution is -2.40. The zero-order chi connectivity index (χ0) is 21.6. The zero-order valence-corrected chi connectivity index (χ0v) is 21.3. The predicted molar refractivity (Wildman–Crippen MR) is 137 cm³/mol. The fraction of sp³-hybridized carbons (Fsp3) is 0.636. The number of carbonyl (C=O) groups is 1. The average molecular weight is 547 g/mol. The molecular formula is C22H38IN5O3. The van der Waals surface area contributed by atoms with E-state index in [1.165, 1.54) is 5.69 Å². The van der Waals surface area contributed by atoms with Crippen LogP contribution in [0.4, 0.5) is 5.69 Å². The fourth-order valence-electron chi connectivity index (χ4n) is 2.97. The highest BCUT2D eigenvalue weighted by Gasteiger charge is 2.15. The third kappa shape index (κ3) is 11.6. The van der Waals surface area contributed by atoms with Gasteiger partial charge >= 0.3 is 0 Å². The molecule has 31 heavy (non-hydrogen) atoms. The second kappa shape index (κ2) is 16.1. The monoisotopic (exact) mass is 547 g/mol. The highest BCUT2D eigenvalue weighted by atomic mass is 127. The largest absolute Gasteiger partial charge is 0.379 e. The van der Waals surface area contributed by atoms with Crippen LogP contribution >= 0.6 is 24.0 Å². The SMILES string of the molecule is CN(C)C(=O)CN=C(NCCCOC1CCOC1)NCCCN(C)c1ccccc1.I. The van der Waals surface area contributed by atoms with Crippen molar-refractivity contribution in [2.45, 2.75) is 25.4 Å². The Morgan fingerprint density at radius 1 is 1.16 bits per heavy atom. The molecule has 176 valence electrons. The Morgan fingerprint density at radius 3 is 2.52 bits per heavy atom. The number of benzene rings is 1. The van der Waals surface area contributed by atoms with Gasteiger partial charge in [-0.3, -0.25) is 4.79 Å². The van der Waals surface area contributed by atoms with Crippen LogP contribution < -0.4 is 15.5 Å². The number of ether oxygens (including phenoxy) is 2. The lowest BCUT2D eigenvalue weighted by atomic mass is 10.3. The number of anilines is 1. The Kier molecular flexibility index (Phi) is 14.3. The summed E-state index contributed by atoms with van der Waals surface area (Å²) in [7, 11) is 5.57. The van der Waals surface area contributed by atoms with Crippen LogP contribution in [0.1, 0.15) is 19.3 Å². The van der Waals surface area contributed by atoms with Gasteiger partial charge in [-0.05, 0) is 31.4 Å². The molecule has 1 unspecified atom stereocenters. The van der Waals surface area contributed by atoms with E-state index >= 15 is 0 Å². The molecule has 0 spiro atoms. The minimum absolute atomic E-state index is 0. The summed E-state index contributed by atoms with van der Waals surface area (Å²) in [6.07, 6.45) is 3.04. The van der Waals surface area contributed by atoms with Gasteiger partial charge in [-0.2, -0.15) is 0 Å². The van der Waals surface area contributed by atoms with Crippen molar-refractivity contribution in [2.75, 3.05) is 72.0 Å². The van der Waals surface area contributed by atoms with E-state index in [9.17, 15) is 4.79 Å². The van der Waals surface area contributed by atoms with Gasteiger partial charge in [0.05, 0.1) is 12.7 Å². The van der Waals surface area contributed by atoms with Crippen LogP contribution in [0.3, 0.4) is 0 Å². The third-order valence-electron chi connectivity index (χ3n) is 4.89. The van der Waals surface area contributed by atoms with E-state index in [2.05, 4.69) is 39.7 Å². The molecule has 1 aliphatic rings. The number of likely N-dealkylation sites (N-methyl/N-ethyl adjacent to an activating group) is 1. The molecular weight excluding hydrogens is 509 g/mol. The lowest BCUT2D eigenvalue weighted by molar-refractivity contribution is -0.127. The molecule has 0 aliphatic carbocycles. The van der Waals surface area contributed by atoms with Crippen molar-refractivity contribution in [2.24, 2.45) is 4.99 Å². The average Bonchev–Trinajstić information content (AvgIpc) is 3.27. The molecule has 1 atom stereocenters. The van der Waals surface area contributed by atoms with E-state index in [1.807, 2.05) is 18.2 Å². The van der Waals surface area contributed by atoms with Crippen LogP contribution in [0.15, 0.2) is 35.3 Å². The summed E-state index contributed by atoms with van der Waals surface area (Å²) in [5.74, 6) is 0.640. The molecule has 8 nitrogen and oxygen atoms in total. The van der Waals surface area contributed by atoms with Crippen LogP contribution in [0, 0.1) is 0 Å². The minimum Gasteiger partial charge on any atom is -0.379 e. The Balaban J connectivity index is 0.00000480. The molecule has 1 aliphatic heterocycles. The quantitative estimate of drug-likeness (QED) is 0.180. The van der Waals surface area contributed by atoms with E-state index < -0.39 is 0 Å². The van der Waals surface area contributed by atoms with E-state index in [4.69, 9.17) is 9.47 Å². The van der Waals surface area contributed by atoms with Crippen LogP contribution in [-0.2, 0) is 14.3 Å². The molecule has 1 amide bonds. The molecule has 1 aromatic carbocycles. The van der Waals surface area contributed by atoms with Crippen molar-refractivity contribution in [1.29, 1.82) is 0 Å². The first-order valence-corrected chi connectivity index (χ1v) is 10.7. The number of halogens is 1. The van der Waals surface area contributed by atoms with Crippen LogP contribution in [0.5, 0.6) is 0 Å². The van der Waals surface area contributed by atoms with Gasteiger partial charge in [0.1, 0.15) is 6.54 Å². The van der Waals surface area contributed by atoms with Crippen LogP contribution in [-0.4, -0.2) is 90.0 Å². The number of aliphatic imine (C=N–C) groups is 1. The van der Waals surface area contributed by atoms with Gasteiger partial charge in [0.2, 0.25) is 5.91 Å². The molecule has 0 bridgehead atoms. The van der Waals surface area contributed by atoms with Crippen molar-refractivity contribution < 1.29 is 14.3 Å². The maximum absolute atomic E-state index is 11.9. The van der Waals surface area contributed by atoms with Crippen molar-refractivity contribution >= 4 is 41.5 Å². The second-order valence-corrected chi connectivity index (χ2v) is 7.63. The van der Waals surface area contributed by atoms with Crippen molar-refractivity contribution in [3.63, 3.8) is 0 Å². The number of carbonyl (C=O) groups excluding carboxylic acids is 1. The molecule has 0 radical (unpaired) electrons. The number of rotatable bonds is 12. The van der Waals surface area contributed by atoms with E-state index in [0.717, 1.165) is 45.5 Å². The Morgan fingerprint density at radius 2 is 1.87 bits per heavy atom. The number of guanidine groups is 1. The lowest BCUT2D eigenvalue weighted by Gasteiger charge is -2.20. The molecule has 9 heteroatoms. The Bertz CT molecular complexity index is 639. The third-order valence-corrected chi connectivity index (χ3v) is 4.89. The molecule has 0 aromatic heterocycles. The molecule has 1 fully saturated rings. The number of nitrogens with zero attached hydrogens (tertiary/aromatic N) is 3. The summed E-state index contributed by atoms with van der Waals surface area (Å²) in [6, 6.07) is 10.3. The van der Waals surface area contributed by atoms with Gasteiger partial charge < -0.3 is 29.9 Å². The van der Waals surface area contributed by atoms with Gasteiger partial charge in [-0.25, -0.2) is 4.99 Å². The number of hydrogen-bond donors (Lipinski definition) is 2. The number of hydrogen-bond acceptors (Lipinski definition) is 5. The minimum atomic E-state index is -0.0236. The predicted octanol–water partition coefficient (Wildman–Crippen LogP) is 1.95. The summed E-state index contributed by atoms with van der Waals surface area (Å²) in [4.78, 5) is 20.1. The normalized spacial score (nSPS) is 15.8. The molecule has 1 aromatic rings. The molecule has 2 N–H and O–H groups in total. The standard InChI is InChI=1S/C22H37N5O3.HI/c1-26(2)21(28)17-25-22(24-13-8-15-30-20-11-16-29-18-20)23-12-7-14-27(3)19-9-5-4-6-10-19;/h4-6,9-10,20H,7-8,11-18H2,1-3H3,(H2,23,24,25);1H. The maximum atomic E-state index is 11.9. The van der Waals surface area contributed by atoms with E-state index in [-0.39, 0.29) is 42.5 Å². The van der Waals surface area contributed by atoms with E-state index in [1.54, 1.807) is 19.0 Å². The topological polar surface area (TPSA) is 78.4 Å². The zero-order valence-electron chi connectivity index (χ0n) is 19.0. The maximum Gasteiger partial charge on any atom is 0.243 e. The molecule has 2 rings (SSSR count). The first kappa shape index (κ1) is 27.4. The smallest absolute Gasteiger partial charge is 0.243 e. The molecule has 1 saturated heterocycles. The second-order valence-electron chi connectivity index (χ2n) is 7.63. The first-order chi connectivity index (χ1) is 14.6. The fourth-order valence-corrected chi connectivity index (χ4v) is 2.97. The van der Waals surface area contributed by atoms with Gasteiger partial charge in [-0.15, -0.1) is 24.0 Å². The van der Waals surface area contributed by atoms with Gasteiger partial charge in [0.15, 0.2) is 5.96 Å². The van der Waals surface area contributed by atoms with Gasteiger partial charge in [0, 0.05) is 59.7 Å². The highest BCUT2D eigenvalue weighted by molar-refractivity contribution is 14.0. The Labute approximate surface area is 203 Å². The van der Waals surface area contributed by atoms with Gasteiger partial charge in [-0.1, -0.05) is 18.2 Å². The van der Waals surface area contributed by atoms with E-state index in [0.29, 0.717) is 19.2 Å². The van der Waals surface area contributed by atoms with Gasteiger partial charge in [0.25, 0.3) is 0 Å². The summed E-state index contributed by atoms with van der Waals surface area (Å²) < 4.78 is 11.1. The summed E-state index contributed by atoms with van der Waals surface area (Å²) in [5.41, 5.74) is 1.20. The number of nitrogens with one attached hydrogen (secondary N) is 2. The molecule has 0 saturated carbocycles.